The van der Waals surface area contributed by atoms with Gasteiger partial charge >= 0.3 is 11.9 Å². The van der Waals surface area contributed by atoms with Crippen LogP contribution in [0.4, 0.5) is 0 Å². The Labute approximate surface area is 137 Å². The lowest BCUT2D eigenvalue weighted by molar-refractivity contribution is -0.153. The van der Waals surface area contributed by atoms with E-state index in [0.29, 0.717) is 6.42 Å². The summed E-state index contributed by atoms with van der Waals surface area (Å²) in [6, 6.07) is 9.85. The molecule has 23 heavy (non-hydrogen) atoms. The Kier molecular flexibility index (Phi) is 3.92. The van der Waals surface area contributed by atoms with Crippen LogP contribution < -0.4 is 0 Å². The van der Waals surface area contributed by atoms with Gasteiger partial charge < -0.3 is 9.16 Å². The molecule has 1 heterocycles. The first-order valence-electron chi connectivity index (χ1n) is 7.97. The maximum Gasteiger partial charge on any atom is 0.318 e. The number of carbonyl (C=O) groups is 2. The van der Waals surface area contributed by atoms with Gasteiger partial charge in [0, 0.05) is 12.3 Å². The normalized spacial score (nSPS) is 27.7. The van der Waals surface area contributed by atoms with E-state index in [1.807, 2.05) is 37.3 Å². The molecule has 2 aliphatic rings. The van der Waals surface area contributed by atoms with Crippen LogP contribution in [0.2, 0.25) is 19.6 Å². The molecule has 1 aromatic carbocycles. The molecule has 0 spiro atoms. The Morgan fingerprint density at radius 2 is 1.74 bits per heavy atom. The first kappa shape index (κ1) is 16.0. The first-order valence-corrected chi connectivity index (χ1v) is 11.4. The van der Waals surface area contributed by atoms with Crippen LogP contribution in [0.5, 0.6) is 0 Å². The molecule has 0 N–H and O–H groups in total. The van der Waals surface area contributed by atoms with Gasteiger partial charge in [0.2, 0.25) is 8.32 Å². The van der Waals surface area contributed by atoms with Crippen molar-refractivity contribution in [2.45, 2.75) is 38.9 Å². The summed E-state index contributed by atoms with van der Waals surface area (Å²) in [5.41, 5.74) is 2.08. The third kappa shape index (κ3) is 2.97. The fourth-order valence-corrected chi connectivity index (χ4v) is 4.53. The van der Waals surface area contributed by atoms with Crippen molar-refractivity contribution >= 4 is 20.3 Å². The van der Waals surface area contributed by atoms with Crippen LogP contribution >= 0.6 is 0 Å². The molecule has 1 saturated heterocycles. The molecule has 3 rings (SSSR count). The number of hydrogen-bond donors (Lipinski definition) is 0. The summed E-state index contributed by atoms with van der Waals surface area (Å²) in [5, 5.41) is 0. The van der Waals surface area contributed by atoms with E-state index in [1.54, 1.807) is 0 Å². The van der Waals surface area contributed by atoms with Gasteiger partial charge in [-0.05, 0) is 37.7 Å². The summed E-state index contributed by atoms with van der Waals surface area (Å²) in [4.78, 5) is 24.3. The number of benzene rings is 1. The molecule has 122 valence electrons. The van der Waals surface area contributed by atoms with Gasteiger partial charge in [-0.1, -0.05) is 30.3 Å². The molecule has 3 atom stereocenters. The average Bonchev–Trinajstić information content (AvgIpc) is 2.74. The van der Waals surface area contributed by atoms with Gasteiger partial charge in [-0.15, -0.1) is 0 Å². The minimum Gasteiger partial charge on any atom is -0.547 e. The van der Waals surface area contributed by atoms with Crippen LogP contribution in [-0.4, -0.2) is 20.3 Å². The molecule has 0 bridgehead atoms. The zero-order valence-electron chi connectivity index (χ0n) is 14.0. The fourth-order valence-electron chi connectivity index (χ4n) is 3.55. The molecule has 0 amide bonds. The van der Waals surface area contributed by atoms with E-state index < -0.39 is 32.1 Å². The summed E-state index contributed by atoms with van der Waals surface area (Å²) >= 11 is 0. The van der Waals surface area contributed by atoms with Gasteiger partial charge in [-0.3, -0.25) is 9.59 Å². The highest BCUT2D eigenvalue weighted by Crippen LogP contribution is 2.49. The van der Waals surface area contributed by atoms with Crippen LogP contribution in [0, 0.1) is 11.8 Å². The van der Waals surface area contributed by atoms with Gasteiger partial charge in [-0.25, -0.2) is 0 Å². The lowest BCUT2D eigenvalue weighted by Crippen LogP contribution is -2.34. The molecule has 1 fully saturated rings. The average molecular weight is 330 g/mol. The first-order chi connectivity index (χ1) is 10.8. The highest BCUT2D eigenvalue weighted by atomic mass is 28.4. The maximum absolute atomic E-state index is 12.2. The predicted octanol–water partition coefficient (Wildman–Crippen LogP) is 3.62. The third-order valence-corrected chi connectivity index (χ3v) is 5.33. The number of carbonyl (C=O) groups excluding carboxylic acids is 2. The lowest BCUT2D eigenvalue weighted by atomic mass is 9.70. The molecule has 0 aromatic heterocycles. The van der Waals surface area contributed by atoms with Gasteiger partial charge in [0.05, 0.1) is 17.6 Å². The second-order valence-corrected chi connectivity index (χ2v) is 11.7. The zero-order valence-corrected chi connectivity index (χ0v) is 15.0. The predicted molar refractivity (Wildman–Crippen MR) is 89.0 cm³/mol. The number of rotatable bonds is 3. The SMILES string of the molecule is CC1=C(O[Si](C)(C)C)C[C@@H]2C(=O)OC(=O)[C@@H]2[C@@H]1c1ccccc1. The highest BCUT2D eigenvalue weighted by molar-refractivity contribution is 6.70. The minimum absolute atomic E-state index is 0.153. The summed E-state index contributed by atoms with van der Waals surface area (Å²) in [5.74, 6) is -0.960. The monoisotopic (exact) mass is 330 g/mol. The zero-order chi connectivity index (χ0) is 16.8. The van der Waals surface area contributed by atoms with Gasteiger partial charge in [0.15, 0.2) is 0 Å². The van der Waals surface area contributed by atoms with Gasteiger partial charge in [0.1, 0.15) is 0 Å². The Hall–Kier alpha value is -1.88. The Bertz CT molecular complexity index is 672. The molecule has 1 aromatic rings. The molecule has 0 unspecified atom stereocenters. The smallest absolute Gasteiger partial charge is 0.318 e. The van der Waals surface area contributed by atoms with Crippen LogP contribution in [-0.2, 0) is 18.8 Å². The van der Waals surface area contributed by atoms with Crippen LogP contribution in [0.15, 0.2) is 41.7 Å². The second kappa shape index (κ2) is 5.64. The summed E-state index contributed by atoms with van der Waals surface area (Å²) in [6.07, 6.45) is 0.467. The number of cyclic esters (lactones) is 2. The van der Waals surface area contributed by atoms with Crippen LogP contribution in [0.3, 0.4) is 0 Å². The van der Waals surface area contributed by atoms with Crippen LogP contribution in [0.1, 0.15) is 24.8 Å². The number of hydrogen-bond acceptors (Lipinski definition) is 4. The van der Waals surface area contributed by atoms with E-state index in [-0.39, 0.29) is 5.92 Å². The molecular weight excluding hydrogens is 308 g/mol. The lowest BCUT2D eigenvalue weighted by Gasteiger charge is -2.35. The number of ether oxygens (including phenoxy) is 1. The van der Waals surface area contributed by atoms with Crippen molar-refractivity contribution in [3.05, 3.63) is 47.2 Å². The molecule has 1 aliphatic heterocycles. The summed E-state index contributed by atoms with van der Waals surface area (Å²) in [6.45, 7) is 8.37. The molecule has 1 aliphatic carbocycles. The molecule has 5 heteroatoms. The second-order valence-electron chi connectivity index (χ2n) is 7.29. The number of allylic oxidation sites excluding steroid dienone is 2. The quantitative estimate of drug-likeness (QED) is 0.482. The third-order valence-electron chi connectivity index (χ3n) is 4.47. The van der Waals surface area contributed by atoms with E-state index in [0.717, 1.165) is 16.9 Å². The van der Waals surface area contributed by atoms with Crippen molar-refractivity contribution in [2.24, 2.45) is 11.8 Å². The van der Waals surface area contributed by atoms with Crippen molar-refractivity contribution in [3.8, 4) is 0 Å². The van der Waals surface area contributed by atoms with E-state index >= 15 is 0 Å². The molecular formula is C18H22O4Si. The van der Waals surface area contributed by atoms with E-state index in [9.17, 15) is 9.59 Å². The van der Waals surface area contributed by atoms with E-state index in [4.69, 9.17) is 9.16 Å². The Morgan fingerprint density at radius 1 is 1.09 bits per heavy atom. The van der Waals surface area contributed by atoms with Crippen molar-refractivity contribution < 1.29 is 18.8 Å². The minimum atomic E-state index is -1.79. The van der Waals surface area contributed by atoms with Crippen molar-refractivity contribution in [1.82, 2.24) is 0 Å². The van der Waals surface area contributed by atoms with Crippen molar-refractivity contribution in [1.29, 1.82) is 0 Å². The standard InChI is InChI=1S/C18H22O4Si/c1-11-14(22-23(2,3)4)10-13-16(18(20)21-17(13)19)15(11)12-8-6-5-7-9-12/h5-9,13,15-16H,10H2,1-4H3/t13-,15-,16-/m0/s1. The Morgan fingerprint density at radius 3 is 2.35 bits per heavy atom. The molecule has 0 saturated carbocycles. The van der Waals surface area contributed by atoms with E-state index in [1.165, 1.54) is 0 Å². The fraction of sp³-hybridized carbons (Fsp3) is 0.444. The summed E-state index contributed by atoms with van der Waals surface area (Å²) in [7, 11) is -1.79. The maximum atomic E-state index is 12.2. The van der Waals surface area contributed by atoms with E-state index in [2.05, 4.69) is 19.6 Å². The largest absolute Gasteiger partial charge is 0.547 e. The summed E-state index contributed by atoms with van der Waals surface area (Å²) < 4.78 is 11.2. The number of esters is 2. The van der Waals surface area contributed by atoms with Crippen molar-refractivity contribution in [2.75, 3.05) is 0 Å². The molecule has 0 radical (unpaired) electrons. The topological polar surface area (TPSA) is 52.6 Å². The highest BCUT2D eigenvalue weighted by Gasteiger charge is 2.53. The molecule has 4 nitrogen and oxygen atoms in total. The number of fused-ring (bicyclic) bond motifs is 1. The van der Waals surface area contributed by atoms with Crippen LogP contribution in [0.25, 0.3) is 0 Å². The van der Waals surface area contributed by atoms with Gasteiger partial charge in [0.25, 0.3) is 0 Å². The van der Waals surface area contributed by atoms with Crippen molar-refractivity contribution in [3.63, 3.8) is 0 Å². The Balaban J connectivity index is 2.09. The van der Waals surface area contributed by atoms with Gasteiger partial charge in [-0.2, -0.15) is 0 Å².